The molecule has 4 rings (SSSR count). The van der Waals surface area contributed by atoms with E-state index in [1.807, 2.05) is 0 Å². The summed E-state index contributed by atoms with van der Waals surface area (Å²) in [6.07, 6.45) is 2.35. The topological polar surface area (TPSA) is 24.8 Å². The third-order valence-electron chi connectivity index (χ3n) is 5.64. The second-order valence-electron chi connectivity index (χ2n) is 7.49. The molecule has 1 atom stereocenters. The molecule has 23 heavy (non-hydrogen) atoms. The molecule has 2 aliphatic heterocycles. The molecule has 0 amide bonds. The van der Waals surface area contributed by atoms with Crippen LogP contribution in [0.15, 0.2) is 41.4 Å². The Labute approximate surface area is 138 Å². The summed E-state index contributed by atoms with van der Waals surface area (Å²) in [5.74, 6) is 0.899. The van der Waals surface area contributed by atoms with Gasteiger partial charge in [-0.3, -0.25) is 4.90 Å². The third kappa shape index (κ3) is 1.89. The van der Waals surface area contributed by atoms with E-state index in [1.54, 1.807) is 0 Å². The van der Waals surface area contributed by atoms with Crippen LogP contribution in [0.4, 0.5) is 5.69 Å². The van der Waals surface area contributed by atoms with Gasteiger partial charge in [-0.2, -0.15) is 0 Å². The van der Waals surface area contributed by atoms with Gasteiger partial charge in [-0.05, 0) is 38.3 Å². The van der Waals surface area contributed by atoms with Gasteiger partial charge in [-0.25, -0.2) is 4.99 Å². The van der Waals surface area contributed by atoms with Gasteiger partial charge in [-0.15, -0.1) is 0 Å². The molecule has 2 aliphatic rings. The number of fused-ring (bicyclic) bond motifs is 3. The summed E-state index contributed by atoms with van der Waals surface area (Å²) < 4.78 is 6.70. The van der Waals surface area contributed by atoms with Crippen LogP contribution in [0, 0.1) is 5.41 Å². The van der Waals surface area contributed by atoms with Gasteiger partial charge in [0.1, 0.15) is 11.4 Å². The van der Waals surface area contributed by atoms with Crippen molar-refractivity contribution in [1.29, 1.82) is 0 Å². The van der Waals surface area contributed by atoms with E-state index in [1.165, 1.54) is 11.8 Å². The van der Waals surface area contributed by atoms with Crippen molar-refractivity contribution in [3.8, 4) is 5.75 Å². The van der Waals surface area contributed by atoms with E-state index in [0.29, 0.717) is 0 Å². The lowest BCUT2D eigenvalue weighted by atomic mass is 9.71. The monoisotopic (exact) mass is 308 g/mol. The van der Waals surface area contributed by atoms with E-state index in [-0.39, 0.29) is 5.41 Å². The van der Waals surface area contributed by atoms with Crippen LogP contribution in [-0.2, 0) is 0 Å². The highest BCUT2D eigenvalue weighted by atomic mass is 16.5. The van der Waals surface area contributed by atoms with Crippen LogP contribution in [0.3, 0.4) is 0 Å². The van der Waals surface area contributed by atoms with Gasteiger partial charge in [0.2, 0.25) is 5.72 Å². The Morgan fingerprint density at radius 2 is 1.91 bits per heavy atom. The fraction of sp³-hybridized carbons (Fsp3) is 0.450. The van der Waals surface area contributed by atoms with Crippen LogP contribution in [0.2, 0.25) is 0 Å². The summed E-state index contributed by atoms with van der Waals surface area (Å²) in [4.78, 5) is 7.39. The van der Waals surface area contributed by atoms with Crippen LogP contribution >= 0.6 is 0 Å². The maximum atomic E-state index is 6.70. The third-order valence-corrected chi connectivity index (χ3v) is 5.64. The predicted molar refractivity (Wildman–Crippen MR) is 95.7 cm³/mol. The molecule has 0 aliphatic carbocycles. The first-order chi connectivity index (χ1) is 11.0. The summed E-state index contributed by atoms with van der Waals surface area (Å²) in [6.45, 7) is 7.76. The Hall–Kier alpha value is -1.87. The fourth-order valence-corrected chi connectivity index (χ4v) is 4.49. The van der Waals surface area contributed by atoms with E-state index in [2.05, 4.69) is 69.1 Å². The average Bonchev–Trinajstić information content (AvgIpc) is 2.52. The number of hydrogen-bond acceptors (Lipinski definition) is 3. The van der Waals surface area contributed by atoms with Crippen molar-refractivity contribution >= 4 is 22.2 Å². The summed E-state index contributed by atoms with van der Waals surface area (Å²) in [5.41, 5.74) is 1.62. The first kappa shape index (κ1) is 14.7. The van der Waals surface area contributed by atoms with Crippen molar-refractivity contribution in [3.63, 3.8) is 0 Å². The molecule has 1 spiro atoms. The van der Waals surface area contributed by atoms with Crippen molar-refractivity contribution in [2.45, 2.75) is 39.3 Å². The highest BCUT2D eigenvalue weighted by Gasteiger charge is 2.56. The Bertz CT molecular complexity index is 808. The minimum atomic E-state index is -0.444. The molecule has 120 valence electrons. The largest absolute Gasteiger partial charge is 0.464 e. The minimum Gasteiger partial charge on any atom is -0.464 e. The second kappa shape index (κ2) is 4.81. The normalized spacial score (nSPS) is 26.7. The zero-order valence-corrected chi connectivity index (χ0v) is 14.4. The molecule has 0 aromatic heterocycles. The minimum absolute atomic E-state index is 0.0247. The summed E-state index contributed by atoms with van der Waals surface area (Å²) in [5, 5.41) is 2.37. The van der Waals surface area contributed by atoms with Crippen LogP contribution in [-0.4, -0.2) is 29.9 Å². The zero-order chi connectivity index (χ0) is 16.2. The first-order valence-electron chi connectivity index (χ1n) is 8.43. The molecule has 3 heteroatoms. The lowest BCUT2D eigenvalue weighted by molar-refractivity contribution is -0.126. The van der Waals surface area contributed by atoms with Crippen molar-refractivity contribution < 1.29 is 4.74 Å². The lowest BCUT2D eigenvalue weighted by Crippen LogP contribution is -2.68. The summed E-state index contributed by atoms with van der Waals surface area (Å²) in [7, 11) is 2.16. The summed E-state index contributed by atoms with van der Waals surface area (Å²) in [6, 6.07) is 12.6. The molecular weight excluding hydrogens is 284 g/mol. The Balaban J connectivity index is 1.94. The number of ether oxygens (including phenoxy) is 1. The van der Waals surface area contributed by atoms with Crippen LogP contribution in [0.25, 0.3) is 10.8 Å². The van der Waals surface area contributed by atoms with Crippen LogP contribution < -0.4 is 4.74 Å². The van der Waals surface area contributed by atoms with E-state index in [4.69, 9.17) is 9.73 Å². The maximum Gasteiger partial charge on any atom is 0.207 e. The number of aliphatic imine (C=N–C) groups is 1. The average molecular weight is 308 g/mol. The van der Waals surface area contributed by atoms with Crippen LogP contribution in [0.5, 0.6) is 5.75 Å². The number of hydrogen-bond donors (Lipinski definition) is 0. The zero-order valence-electron chi connectivity index (χ0n) is 14.4. The number of nitrogens with zero attached hydrogens (tertiary/aromatic N) is 2. The standard InChI is InChI=1S/C20H24N2O/c1-14-20(19(2,3)12-7-13-22(20)4)23-17-11-10-15-8-5-6-9-16(15)18(17)21-14/h5-6,8-11H,7,12-13H2,1-4H3. The smallest absolute Gasteiger partial charge is 0.207 e. The van der Waals surface area contributed by atoms with E-state index in [0.717, 1.165) is 35.5 Å². The first-order valence-corrected chi connectivity index (χ1v) is 8.43. The van der Waals surface area contributed by atoms with Crippen molar-refractivity contribution in [1.82, 2.24) is 4.90 Å². The maximum absolute atomic E-state index is 6.70. The van der Waals surface area contributed by atoms with Gasteiger partial charge in [0.05, 0.1) is 5.71 Å². The summed E-state index contributed by atoms with van der Waals surface area (Å²) >= 11 is 0. The molecule has 3 nitrogen and oxygen atoms in total. The number of benzene rings is 2. The van der Waals surface area contributed by atoms with E-state index < -0.39 is 5.72 Å². The van der Waals surface area contributed by atoms with Gasteiger partial charge >= 0.3 is 0 Å². The highest BCUT2D eigenvalue weighted by molar-refractivity contribution is 6.03. The lowest BCUT2D eigenvalue weighted by Gasteiger charge is -2.55. The molecule has 2 aromatic rings. The second-order valence-corrected chi connectivity index (χ2v) is 7.49. The molecule has 0 bridgehead atoms. The quantitative estimate of drug-likeness (QED) is 0.700. The van der Waals surface area contributed by atoms with Gasteiger partial charge in [0, 0.05) is 17.3 Å². The van der Waals surface area contributed by atoms with Crippen molar-refractivity contribution in [2.75, 3.05) is 13.6 Å². The highest BCUT2D eigenvalue weighted by Crippen LogP contribution is 2.51. The molecule has 2 aromatic carbocycles. The Kier molecular flexibility index (Phi) is 3.08. The molecule has 1 unspecified atom stereocenters. The Morgan fingerprint density at radius 3 is 2.70 bits per heavy atom. The molecule has 0 saturated carbocycles. The van der Waals surface area contributed by atoms with Crippen molar-refractivity contribution in [2.24, 2.45) is 10.4 Å². The van der Waals surface area contributed by atoms with E-state index in [9.17, 15) is 0 Å². The van der Waals surface area contributed by atoms with Gasteiger partial charge < -0.3 is 4.74 Å². The molecular formula is C20H24N2O. The SMILES string of the molecule is CC1=Nc2c(ccc3ccccc23)OC12N(C)CCCC2(C)C. The number of likely N-dealkylation sites (tertiary alicyclic amines) is 1. The molecule has 1 fully saturated rings. The number of rotatable bonds is 0. The molecule has 2 heterocycles. The molecule has 1 saturated heterocycles. The Morgan fingerprint density at radius 1 is 1.13 bits per heavy atom. The fourth-order valence-electron chi connectivity index (χ4n) is 4.49. The number of piperidine rings is 1. The van der Waals surface area contributed by atoms with Crippen LogP contribution in [0.1, 0.15) is 33.6 Å². The van der Waals surface area contributed by atoms with Crippen molar-refractivity contribution in [3.05, 3.63) is 36.4 Å². The molecule has 0 radical (unpaired) electrons. The van der Waals surface area contributed by atoms with Gasteiger partial charge in [0.25, 0.3) is 0 Å². The van der Waals surface area contributed by atoms with E-state index >= 15 is 0 Å². The predicted octanol–water partition coefficient (Wildman–Crippen LogP) is 4.77. The van der Waals surface area contributed by atoms with Gasteiger partial charge in [-0.1, -0.05) is 44.2 Å². The van der Waals surface area contributed by atoms with Gasteiger partial charge in [0.15, 0.2) is 0 Å². The molecule has 0 N–H and O–H groups in total.